The fraction of sp³-hybridized carbons (Fsp3) is 0.350. The van der Waals surface area contributed by atoms with Crippen molar-refractivity contribution in [2.45, 2.75) is 6.92 Å². The fourth-order valence-electron chi connectivity index (χ4n) is 3.38. The Morgan fingerprint density at radius 2 is 2.03 bits per heavy atom. The van der Waals surface area contributed by atoms with Crippen LogP contribution in [0.25, 0.3) is 11.0 Å². The number of ether oxygens (including phenoxy) is 1. The first-order valence-corrected chi connectivity index (χ1v) is 13.5. The molecule has 0 unspecified atom stereocenters. The Kier molecular flexibility index (Phi) is 7.09. The van der Waals surface area contributed by atoms with Gasteiger partial charge in [0.25, 0.3) is 5.91 Å². The Balaban J connectivity index is 1.58. The van der Waals surface area contributed by atoms with Gasteiger partial charge in [-0.3, -0.25) is 8.77 Å². The molecule has 0 spiro atoms. The predicted molar refractivity (Wildman–Crippen MR) is 134 cm³/mol. The van der Waals surface area contributed by atoms with E-state index >= 15 is 0 Å². The average Bonchev–Trinajstić information content (AvgIpc) is 3.19. The smallest absolute Gasteiger partial charge is 0.253 e. The molecule has 1 aromatic carbocycles. The Hall–Kier alpha value is -1.76. The van der Waals surface area contributed by atoms with E-state index in [2.05, 4.69) is 48.4 Å². The van der Waals surface area contributed by atoms with Crippen molar-refractivity contribution in [1.82, 2.24) is 23.7 Å². The maximum Gasteiger partial charge on any atom is 0.253 e. The maximum atomic E-state index is 12.8. The number of aromatic nitrogens is 3. The third kappa shape index (κ3) is 4.86. The number of anilines is 2. The van der Waals surface area contributed by atoms with E-state index in [0.717, 1.165) is 37.2 Å². The number of hydrogen-bond acceptors (Lipinski definition) is 7. The highest BCUT2D eigenvalue weighted by Crippen LogP contribution is 2.32. The van der Waals surface area contributed by atoms with Crippen LogP contribution in [0.1, 0.15) is 17.3 Å². The molecule has 31 heavy (non-hydrogen) atoms. The SMILES string of the molecule is CCOc1nc(Nc2ccc(C(=O)N3CCN(C)CC3)cc2Cl)nc2c1ccn2SI. The van der Waals surface area contributed by atoms with E-state index in [1.54, 1.807) is 18.2 Å². The summed E-state index contributed by atoms with van der Waals surface area (Å²) in [6.07, 6.45) is 1.93. The molecule has 0 bridgehead atoms. The lowest BCUT2D eigenvalue weighted by molar-refractivity contribution is 0.0664. The quantitative estimate of drug-likeness (QED) is 0.437. The van der Waals surface area contributed by atoms with E-state index < -0.39 is 0 Å². The molecular weight excluding hydrogens is 551 g/mol. The number of fused-ring (bicyclic) bond motifs is 1. The second-order valence-corrected chi connectivity index (χ2v) is 9.27. The minimum absolute atomic E-state index is 0.00486. The zero-order valence-corrected chi connectivity index (χ0v) is 20.9. The summed E-state index contributed by atoms with van der Waals surface area (Å²) < 4.78 is 7.64. The minimum Gasteiger partial charge on any atom is -0.477 e. The second kappa shape index (κ2) is 9.80. The zero-order valence-electron chi connectivity index (χ0n) is 17.1. The van der Waals surface area contributed by atoms with Gasteiger partial charge in [0, 0.05) is 68.3 Å². The molecule has 4 rings (SSSR count). The summed E-state index contributed by atoms with van der Waals surface area (Å²) in [5.41, 5.74) is 1.94. The normalized spacial score (nSPS) is 14.8. The number of nitrogens with one attached hydrogen (secondary N) is 1. The van der Waals surface area contributed by atoms with Gasteiger partial charge in [0.1, 0.15) is 0 Å². The number of halogens is 2. The Bertz CT molecular complexity index is 1100. The maximum absolute atomic E-state index is 12.8. The Morgan fingerprint density at radius 1 is 1.26 bits per heavy atom. The number of amides is 1. The van der Waals surface area contributed by atoms with Crippen molar-refractivity contribution < 1.29 is 9.53 Å². The molecular formula is C20H22ClIN6O2S. The third-order valence-electron chi connectivity index (χ3n) is 5.08. The van der Waals surface area contributed by atoms with Crippen LogP contribution >= 0.6 is 41.9 Å². The molecule has 3 aromatic rings. The minimum atomic E-state index is -0.00486. The standard InChI is InChI=1S/C20H22ClIN6O2S/c1-3-30-18-14-6-7-28(31-22)17(14)24-20(25-18)23-16-5-4-13(12-15(16)21)19(29)27-10-8-26(2)9-11-27/h4-7,12H,3,8-11H2,1-2H3,(H,23,24,25). The first-order chi connectivity index (χ1) is 15.0. The van der Waals surface area contributed by atoms with Gasteiger partial charge in [-0.25, -0.2) is 0 Å². The van der Waals surface area contributed by atoms with Crippen LogP contribution in [0.4, 0.5) is 11.6 Å². The van der Waals surface area contributed by atoms with Gasteiger partial charge in [-0.1, -0.05) is 11.6 Å². The van der Waals surface area contributed by atoms with E-state index in [-0.39, 0.29) is 5.91 Å². The number of nitrogens with zero attached hydrogens (tertiary/aromatic N) is 5. The molecule has 0 saturated carbocycles. The number of carbonyl (C=O) groups is 1. The number of carbonyl (C=O) groups excluding carboxylic acids is 1. The van der Waals surface area contributed by atoms with E-state index in [1.807, 2.05) is 28.1 Å². The first kappa shape index (κ1) is 22.4. The number of benzene rings is 1. The lowest BCUT2D eigenvalue weighted by Gasteiger charge is -2.32. The summed E-state index contributed by atoms with van der Waals surface area (Å²) in [6, 6.07) is 7.18. The molecule has 3 heterocycles. The average molecular weight is 573 g/mol. The summed E-state index contributed by atoms with van der Waals surface area (Å²) in [6.45, 7) is 5.59. The van der Waals surface area contributed by atoms with Gasteiger partial charge in [-0.05, 0) is 38.2 Å². The lowest BCUT2D eigenvalue weighted by Crippen LogP contribution is -2.47. The van der Waals surface area contributed by atoms with E-state index in [1.165, 1.54) is 9.12 Å². The first-order valence-electron chi connectivity index (χ1n) is 9.85. The molecule has 0 radical (unpaired) electrons. The second-order valence-electron chi connectivity index (χ2n) is 7.15. The van der Waals surface area contributed by atoms with Gasteiger partial charge in [-0.15, -0.1) is 0 Å². The van der Waals surface area contributed by atoms with Crippen molar-refractivity contribution >= 4 is 70.5 Å². The molecule has 0 aliphatic carbocycles. The van der Waals surface area contributed by atoms with Crippen molar-refractivity contribution in [3.8, 4) is 5.88 Å². The lowest BCUT2D eigenvalue weighted by atomic mass is 10.1. The summed E-state index contributed by atoms with van der Waals surface area (Å²) in [4.78, 5) is 26.0. The molecule has 1 N–H and O–H groups in total. The van der Waals surface area contributed by atoms with Crippen molar-refractivity contribution in [3.05, 3.63) is 41.0 Å². The third-order valence-corrected chi connectivity index (χ3v) is 7.11. The van der Waals surface area contributed by atoms with Gasteiger partial charge < -0.3 is 19.9 Å². The molecule has 0 atom stereocenters. The monoisotopic (exact) mass is 572 g/mol. The summed E-state index contributed by atoms with van der Waals surface area (Å²) in [5.74, 6) is 0.883. The predicted octanol–water partition coefficient (Wildman–Crippen LogP) is 4.46. The van der Waals surface area contributed by atoms with E-state index in [9.17, 15) is 4.79 Å². The van der Waals surface area contributed by atoms with Crippen molar-refractivity contribution in [2.75, 3.05) is 45.2 Å². The van der Waals surface area contributed by atoms with Crippen LogP contribution in [0, 0.1) is 0 Å². The van der Waals surface area contributed by atoms with Crippen molar-refractivity contribution in [2.24, 2.45) is 0 Å². The van der Waals surface area contributed by atoms with Crippen molar-refractivity contribution in [3.63, 3.8) is 0 Å². The summed E-state index contributed by atoms with van der Waals surface area (Å²) >= 11 is 8.70. The van der Waals surface area contributed by atoms with Gasteiger partial charge in [0.15, 0.2) is 5.65 Å². The molecule has 1 aliphatic heterocycles. The Morgan fingerprint density at radius 3 is 2.71 bits per heavy atom. The highest BCUT2D eigenvalue weighted by molar-refractivity contribution is 14.2. The van der Waals surface area contributed by atoms with Crippen LogP contribution in [0.3, 0.4) is 0 Å². The molecule has 1 amide bonds. The zero-order chi connectivity index (χ0) is 22.0. The largest absolute Gasteiger partial charge is 0.477 e. The summed E-state index contributed by atoms with van der Waals surface area (Å²) in [7, 11) is 3.57. The van der Waals surface area contributed by atoms with E-state index in [0.29, 0.717) is 34.7 Å². The van der Waals surface area contributed by atoms with Gasteiger partial charge in [0.2, 0.25) is 11.8 Å². The van der Waals surface area contributed by atoms with E-state index in [4.69, 9.17) is 16.3 Å². The van der Waals surface area contributed by atoms with Crippen LogP contribution in [-0.2, 0) is 0 Å². The van der Waals surface area contributed by atoms with Crippen molar-refractivity contribution in [1.29, 1.82) is 0 Å². The topological polar surface area (TPSA) is 75.5 Å². The number of piperazine rings is 1. The highest BCUT2D eigenvalue weighted by Gasteiger charge is 2.21. The van der Waals surface area contributed by atoms with Gasteiger partial charge >= 0.3 is 0 Å². The fourth-order valence-corrected chi connectivity index (χ4v) is 4.88. The van der Waals surface area contributed by atoms with Crippen LogP contribution in [0.5, 0.6) is 5.88 Å². The van der Waals surface area contributed by atoms with Gasteiger partial charge in [0.05, 0.1) is 22.7 Å². The number of hydrogen-bond donors (Lipinski definition) is 1. The summed E-state index contributed by atoms with van der Waals surface area (Å²) in [5, 5.41) is 4.44. The van der Waals surface area contributed by atoms with Crippen LogP contribution < -0.4 is 10.1 Å². The Labute approximate surface area is 202 Å². The number of rotatable bonds is 6. The number of likely N-dealkylation sites (N-methyl/N-ethyl adjacent to an activating group) is 1. The molecule has 1 aliphatic rings. The highest BCUT2D eigenvalue weighted by atomic mass is 127. The molecule has 2 aromatic heterocycles. The van der Waals surface area contributed by atoms with Crippen LogP contribution in [0.15, 0.2) is 30.5 Å². The molecule has 164 valence electrons. The molecule has 1 fully saturated rings. The molecule has 11 heteroatoms. The van der Waals surface area contributed by atoms with Gasteiger partial charge in [-0.2, -0.15) is 9.97 Å². The van der Waals surface area contributed by atoms with Crippen LogP contribution in [-0.4, -0.2) is 69.5 Å². The van der Waals surface area contributed by atoms with Crippen LogP contribution in [0.2, 0.25) is 5.02 Å². The molecule has 8 nitrogen and oxygen atoms in total. The molecule has 1 saturated heterocycles.